The van der Waals surface area contributed by atoms with Gasteiger partial charge in [0.25, 0.3) is 5.91 Å². The molecule has 0 spiro atoms. The SMILES string of the molecule is Cc1nn(C)c2nc(-c3ccccc3)cc(C(=O)NC3C4CCCCC43)c12. The molecule has 1 amide bonds. The van der Waals surface area contributed by atoms with Crippen molar-refractivity contribution >= 4 is 16.9 Å². The van der Waals surface area contributed by atoms with Gasteiger partial charge >= 0.3 is 0 Å². The lowest BCUT2D eigenvalue weighted by Crippen LogP contribution is -2.28. The Kier molecular flexibility index (Phi) is 3.78. The number of aromatic nitrogens is 3. The summed E-state index contributed by atoms with van der Waals surface area (Å²) in [5, 5.41) is 8.68. The van der Waals surface area contributed by atoms with E-state index in [-0.39, 0.29) is 5.91 Å². The average Bonchev–Trinajstić information content (AvgIpc) is 3.31. The van der Waals surface area contributed by atoms with Crippen LogP contribution in [0.1, 0.15) is 41.7 Å². The Labute approximate surface area is 158 Å². The van der Waals surface area contributed by atoms with Crippen LogP contribution in [0, 0.1) is 18.8 Å². The highest BCUT2D eigenvalue weighted by atomic mass is 16.1. The molecule has 2 unspecified atom stereocenters. The summed E-state index contributed by atoms with van der Waals surface area (Å²) in [5.74, 6) is 1.38. The molecular formula is C22H24N4O. The first-order valence-corrected chi connectivity index (χ1v) is 9.84. The van der Waals surface area contributed by atoms with Crippen molar-refractivity contribution in [2.24, 2.45) is 18.9 Å². The van der Waals surface area contributed by atoms with Gasteiger partial charge in [-0.05, 0) is 37.7 Å². The summed E-state index contributed by atoms with van der Waals surface area (Å²) in [7, 11) is 1.88. The first-order chi connectivity index (χ1) is 13.1. The Morgan fingerprint density at radius 1 is 1.15 bits per heavy atom. The van der Waals surface area contributed by atoms with Gasteiger partial charge in [0.05, 0.1) is 22.3 Å². The summed E-state index contributed by atoms with van der Waals surface area (Å²) < 4.78 is 1.77. The molecule has 0 saturated heterocycles. The smallest absolute Gasteiger partial charge is 0.252 e. The monoisotopic (exact) mass is 360 g/mol. The Morgan fingerprint density at radius 2 is 1.85 bits per heavy atom. The quantitative estimate of drug-likeness (QED) is 0.771. The zero-order chi connectivity index (χ0) is 18.5. The molecule has 0 radical (unpaired) electrons. The molecule has 1 aromatic carbocycles. The number of fused-ring (bicyclic) bond motifs is 2. The average molecular weight is 360 g/mol. The fraction of sp³-hybridized carbons (Fsp3) is 0.409. The summed E-state index contributed by atoms with van der Waals surface area (Å²) in [4.78, 5) is 18.0. The summed E-state index contributed by atoms with van der Waals surface area (Å²) >= 11 is 0. The van der Waals surface area contributed by atoms with Crippen LogP contribution in [0.5, 0.6) is 0 Å². The summed E-state index contributed by atoms with van der Waals surface area (Å²) in [5.41, 5.74) is 4.11. The van der Waals surface area contributed by atoms with E-state index in [1.54, 1.807) is 4.68 Å². The number of hydrogen-bond acceptors (Lipinski definition) is 3. The van der Waals surface area contributed by atoms with Crippen LogP contribution in [-0.2, 0) is 7.05 Å². The summed E-state index contributed by atoms with van der Waals surface area (Å²) in [6, 6.07) is 12.3. The van der Waals surface area contributed by atoms with Crippen molar-refractivity contribution in [2.75, 3.05) is 0 Å². The zero-order valence-electron chi connectivity index (χ0n) is 15.8. The van der Waals surface area contributed by atoms with Gasteiger partial charge in [0.1, 0.15) is 0 Å². The highest BCUT2D eigenvalue weighted by Gasteiger charge is 2.51. The first-order valence-electron chi connectivity index (χ1n) is 9.84. The van der Waals surface area contributed by atoms with Gasteiger partial charge < -0.3 is 5.32 Å². The molecule has 5 heteroatoms. The van der Waals surface area contributed by atoms with Gasteiger partial charge in [-0.3, -0.25) is 9.48 Å². The second-order valence-corrected chi connectivity index (χ2v) is 7.94. The van der Waals surface area contributed by atoms with Gasteiger partial charge in [-0.15, -0.1) is 0 Å². The normalized spacial score (nSPS) is 23.9. The second-order valence-electron chi connectivity index (χ2n) is 7.94. The number of rotatable bonds is 3. The molecule has 5 rings (SSSR count). The van der Waals surface area contributed by atoms with Crippen LogP contribution in [0.2, 0.25) is 0 Å². The molecule has 0 aliphatic heterocycles. The molecule has 5 nitrogen and oxygen atoms in total. The molecule has 0 bridgehead atoms. The molecule has 2 saturated carbocycles. The minimum absolute atomic E-state index is 0.00933. The number of carbonyl (C=O) groups is 1. The van der Waals surface area contributed by atoms with E-state index >= 15 is 0 Å². The standard InChI is InChI=1S/C22H24N4O/c1-13-19-17(22(27)24-20-15-10-6-7-11-16(15)20)12-18(14-8-4-3-5-9-14)23-21(19)26(2)25-13/h3-5,8-9,12,15-16,20H,6-7,10-11H2,1-2H3,(H,24,27). The zero-order valence-corrected chi connectivity index (χ0v) is 15.8. The maximum Gasteiger partial charge on any atom is 0.252 e. The van der Waals surface area contributed by atoms with Gasteiger partial charge in [-0.2, -0.15) is 5.10 Å². The van der Waals surface area contributed by atoms with E-state index in [0.717, 1.165) is 28.0 Å². The lowest BCUT2D eigenvalue weighted by atomic mass is 10.0. The Balaban J connectivity index is 1.56. The highest BCUT2D eigenvalue weighted by molar-refractivity contribution is 6.07. The van der Waals surface area contributed by atoms with Gasteiger partial charge in [0.2, 0.25) is 0 Å². The minimum Gasteiger partial charge on any atom is -0.349 e. The van der Waals surface area contributed by atoms with Crippen molar-refractivity contribution in [1.82, 2.24) is 20.1 Å². The molecule has 2 heterocycles. The maximum atomic E-state index is 13.2. The van der Waals surface area contributed by atoms with Crippen LogP contribution in [0.15, 0.2) is 36.4 Å². The Hall–Kier alpha value is -2.69. The third-order valence-corrected chi connectivity index (χ3v) is 6.24. The highest BCUT2D eigenvalue weighted by Crippen LogP contribution is 2.49. The molecule has 138 valence electrons. The molecule has 2 aliphatic carbocycles. The number of nitrogens with zero attached hydrogens (tertiary/aromatic N) is 3. The van der Waals surface area contributed by atoms with Crippen molar-refractivity contribution in [3.05, 3.63) is 47.7 Å². The van der Waals surface area contributed by atoms with E-state index in [0.29, 0.717) is 23.4 Å². The van der Waals surface area contributed by atoms with E-state index in [2.05, 4.69) is 10.4 Å². The number of hydrogen-bond donors (Lipinski definition) is 1. The molecular weight excluding hydrogens is 336 g/mol. The number of aryl methyl sites for hydroxylation is 2. The third kappa shape index (κ3) is 2.73. The topological polar surface area (TPSA) is 59.8 Å². The third-order valence-electron chi connectivity index (χ3n) is 6.24. The number of nitrogens with one attached hydrogen (secondary N) is 1. The van der Waals surface area contributed by atoms with Crippen molar-refractivity contribution < 1.29 is 4.79 Å². The molecule has 27 heavy (non-hydrogen) atoms. The predicted molar refractivity (Wildman–Crippen MR) is 105 cm³/mol. The van der Waals surface area contributed by atoms with Gasteiger partial charge in [0.15, 0.2) is 5.65 Å². The van der Waals surface area contributed by atoms with Crippen LogP contribution in [0.3, 0.4) is 0 Å². The lowest BCUT2D eigenvalue weighted by Gasteiger charge is -2.09. The van der Waals surface area contributed by atoms with Crippen molar-refractivity contribution in [2.45, 2.75) is 38.6 Å². The molecule has 2 fully saturated rings. The number of pyridine rings is 1. The molecule has 1 N–H and O–H groups in total. The summed E-state index contributed by atoms with van der Waals surface area (Å²) in [6.07, 6.45) is 5.10. The van der Waals surface area contributed by atoms with Crippen LogP contribution >= 0.6 is 0 Å². The second kappa shape index (κ2) is 6.19. The van der Waals surface area contributed by atoms with Crippen LogP contribution in [-0.4, -0.2) is 26.7 Å². The molecule has 2 atom stereocenters. The molecule has 2 aliphatic rings. The fourth-order valence-corrected chi connectivity index (χ4v) is 4.82. The minimum atomic E-state index is 0.00933. The lowest BCUT2D eigenvalue weighted by molar-refractivity contribution is 0.0949. The van der Waals surface area contributed by atoms with Crippen molar-refractivity contribution in [3.8, 4) is 11.3 Å². The van der Waals surface area contributed by atoms with Crippen molar-refractivity contribution in [3.63, 3.8) is 0 Å². The molecule has 2 aromatic heterocycles. The predicted octanol–water partition coefficient (Wildman–Crippen LogP) is 3.86. The Morgan fingerprint density at radius 3 is 2.56 bits per heavy atom. The van der Waals surface area contributed by atoms with E-state index in [1.807, 2.05) is 50.4 Å². The summed E-state index contributed by atoms with van der Waals surface area (Å²) in [6.45, 7) is 1.94. The van der Waals surface area contributed by atoms with Crippen molar-refractivity contribution in [1.29, 1.82) is 0 Å². The van der Waals surface area contributed by atoms with E-state index in [9.17, 15) is 4.79 Å². The number of carbonyl (C=O) groups excluding carboxylic acids is 1. The van der Waals surface area contributed by atoms with Gasteiger partial charge in [-0.25, -0.2) is 4.98 Å². The Bertz CT molecular complexity index is 1010. The fourth-order valence-electron chi connectivity index (χ4n) is 4.82. The first kappa shape index (κ1) is 16.5. The number of amides is 1. The number of benzene rings is 1. The van der Waals surface area contributed by atoms with Crippen LogP contribution in [0.25, 0.3) is 22.3 Å². The van der Waals surface area contributed by atoms with E-state index in [4.69, 9.17) is 4.98 Å². The van der Waals surface area contributed by atoms with E-state index in [1.165, 1.54) is 25.7 Å². The van der Waals surface area contributed by atoms with Crippen LogP contribution in [0.4, 0.5) is 0 Å². The van der Waals surface area contributed by atoms with Crippen LogP contribution < -0.4 is 5.32 Å². The largest absolute Gasteiger partial charge is 0.349 e. The van der Waals surface area contributed by atoms with Gasteiger partial charge in [-0.1, -0.05) is 43.2 Å². The van der Waals surface area contributed by atoms with E-state index < -0.39 is 0 Å². The molecule has 3 aromatic rings. The van der Waals surface area contributed by atoms with Gasteiger partial charge in [0, 0.05) is 18.7 Å². The maximum absolute atomic E-state index is 13.2.